The molecule has 7 heteroatoms. The summed E-state index contributed by atoms with van der Waals surface area (Å²) in [6.45, 7) is 0.351. The van der Waals surface area contributed by atoms with Gasteiger partial charge in [0, 0.05) is 10.6 Å². The van der Waals surface area contributed by atoms with E-state index in [1.165, 1.54) is 0 Å². The van der Waals surface area contributed by atoms with E-state index in [4.69, 9.17) is 27.9 Å². The Kier molecular flexibility index (Phi) is 4.84. The van der Waals surface area contributed by atoms with Crippen molar-refractivity contribution in [3.63, 3.8) is 0 Å². The first-order chi connectivity index (χ1) is 7.67. The molecule has 0 aliphatic carbocycles. The van der Waals surface area contributed by atoms with Crippen molar-refractivity contribution in [1.29, 1.82) is 0 Å². The van der Waals surface area contributed by atoms with Crippen LogP contribution in [0.2, 0.25) is 5.02 Å². The lowest BCUT2D eigenvalue weighted by Gasteiger charge is -2.07. The summed E-state index contributed by atoms with van der Waals surface area (Å²) in [5.74, 6) is 5.91. The summed E-state index contributed by atoms with van der Waals surface area (Å²) in [7, 11) is 1.58. The largest absolute Gasteiger partial charge is 0.496 e. The molecule has 0 spiro atoms. The standard InChI is InChI=1S/C9H14ClN5O/c1-16-8-3-2-7(10)4-6(8)5-13-9(11)14-15-12/h2-4,15H,5,12H2,1H3,(H3,11,13,14). The molecule has 1 aromatic carbocycles. The number of benzene rings is 1. The fourth-order valence-electron chi connectivity index (χ4n) is 1.15. The van der Waals surface area contributed by atoms with Crippen LogP contribution in [0.5, 0.6) is 5.75 Å². The Morgan fingerprint density at radius 2 is 2.31 bits per heavy atom. The van der Waals surface area contributed by atoms with Crippen LogP contribution in [0.15, 0.2) is 23.2 Å². The summed E-state index contributed by atoms with van der Waals surface area (Å²) in [4.78, 5) is 4.04. The second kappa shape index (κ2) is 6.16. The number of guanidine groups is 1. The summed E-state index contributed by atoms with van der Waals surface area (Å²) in [6, 6.07) is 5.29. The minimum atomic E-state index is 0.185. The molecule has 0 unspecified atom stereocenters. The van der Waals surface area contributed by atoms with Gasteiger partial charge in [0.1, 0.15) is 5.75 Å². The van der Waals surface area contributed by atoms with Gasteiger partial charge in [-0.25, -0.2) is 4.99 Å². The Balaban J connectivity index is 2.79. The number of hydrogen-bond acceptors (Lipinski definition) is 4. The lowest BCUT2D eigenvalue weighted by Crippen LogP contribution is -2.46. The number of nitrogens with zero attached hydrogens (tertiary/aromatic N) is 1. The maximum absolute atomic E-state index is 5.87. The number of nitrogens with one attached hydrogen (secondary N) is 2. The molecule has 1 aromatic rings. The Bertz CT molecular complexity index is 382. The lowest BCUT2D eigenvalue weighted by atomic mass is 10.2. The van der Waals surface area contributed by atoms with Gasteiger partial charge in [-0.1, -0.05) is 11.6 Å². The van der Waals surface area contributed by atoms with Gasteiger partial charge < -0.3 is 10.5 Å². The second-order valence-corrected chi connectivity index (χ2v) is 3.36. The topological polar surface area (TPSA) is 97.7 Å². The molecule has 1 rings (SSSR count). The van der Waals surface area contributed by atoms with Gasteiger partial charge in [0.05, 0.1) is 13.7 Å². The van der Waals surface area contributed by atoms with Crippen molar-refractivity contribution in [2.24, 2.45) is 16.6 Å². The summed E-state index contributed by atoms with van der Waals surface area (Å²) >= 11 is 5.87. The highest BCUT2D eigenvalue weighted by atomic mass is 35.5. The molecule has 6 N–H and O–H groups in total. The van der Waals surface area contributed by atoms with Crippen LogP contribution in [0, 0.1) is 0 Å². The van der Waals surface area contributed by atoms with E-state index in [0.29, 0.717) is 17.3 Å². The van der Waals surface area contributed by atoms with Crippen molar-refractivity contribution in [3.05, 3.63) is 28.8 Å². The van der Waals surface area contributed by atoms with Gasteiger partial charge in [0.2, 0.25) is 5.96 Å². The van der Waals surface area contributed by atoms with E-state index in [-0.39, 0.29) is 5.96 Å². The zero-order valence-electron chi connectivity index (χ0n) is 8.83. The summed E-state index contributed by atoms with van der Waals surface area (Å²) < 4.78 is 5.16. The van der Waals surface area contributed by atoms with Gasteiger partial charge in [0.25, 0.3) is 0 Å². The Morgan fingerprint density at radius 3 is 2.94 bits per heavy atom. The van der Waals surface area contributed by atoms with Crippen LogP contribution in [0.1, 0.15) is 5.56 Å². The van der Waals surface area contributed by atoms with Crippen molar-refractivity contribution < 1.29 is 4.74 Å². The Hall–Kier alpha value is -1.50. The molecule has 0 bridgehead atoms. The highest BCUT2D eigenvalue weighted by molar-refractivity contribution is 6.30. The normalized spacial score (nSPS) is 11.3. The monoisotopic (exact) mass is 243 g/mol. The third-order valence-corrected chi connectivity index (χ3v) is 2.10. The van der Waals surface area contributed by atoms with Crippen molar-refractivity contribution in [1.82, 2.24) is 11.0 Å². The molecule has 0 heterocycles. The van der Waals surface area contributed by atoms with Gasteiger partial charge >= 0.3 is 0 Å². The zero-order chi connectivity index (χ0) is 12.0. The predicted octanol–water partition coefficient (Wildman–Crippen LogP) is 0.131. The van der Waals surface area contributed by atoms with Crippen LogP contribution in [-0.2, 0) is 6.54 Å². The number of ether oxygens (including phenoxy) is 1. The molecule has 0 aromatic heterocycles. The van der Waals surface area contributed by atoms with E-state index < -0.39 is 0 Å². The van der Waals surface area contributed by atoms with Crippen molar-refractivity contribution >= 4 is 17.6 Å². The maximum Gasteiger partial charge on any atom is 0.204 e. The summed E-state index contributed by atoms with van der Waals surface area (Å²) in [5.41, 5.74) is 11.0. The molecule has 88 valence electrons. The predicted molar refractivity (Wildman–Crippen MR) is 63.8 cm³/mol. The molecule has 0 atom stereocenters. The molecule has 0 fully saturated rings. The van der Waals surface area contributed by atoms with Gasteiger partial charge in [-0.05, 0) is 18.2 Å². The maximum atomic E-state index is 5.87. The number of halogens is 1. The first kappa shape index (κ1) is 12.6. The highest BCUT2D eigenvalue weighted by Gasteiger charge is 2.03. The fourth-order valence-corrected chi connectivity index (χ4v) is 1.35. The molecule has 16 heavy (non-hydrogen) atoms. The summed E-state index contributed by atoms with van der Waals surface area (Å²) in [5, 5.41) is 0.620. The quantitative estimate of drug-likeness (QED) is 0.261. The van der Waals surface area contributed by atoms with Crippen LogP contribution >= 0.6 is 11.6 Å². The number of hydrazine groups is 2. The molecule has 0 saturated heterocycles. The SMILES string of the molecule is COc1ccc(Cl)cc1CN=C(N)NNN. The molecular weight excluding hydrogens is 230 g/mol. The minimum absolute atomic E-state index is 0.185. The Morgan fingerprint density at radius 1 is 1.56 bits per heavy atom. The third kappa shape index (κ3) is 3.58. The van der Waals surface area contributed by atoms with Crippen molar-refractivity contribution in [2.75, 3.05) is 7.11 Å². The number of hydrogen-bond donors (Lipinski definition) is 4. The van der Waals surface area contributed by atoms with Crippen LogP contribution in [-0.4, -0.2) is 13.1 Å². The first-order valence-electron chi connectivity index (χ1n) is 4.51. The van der Waals surface area contributed by atoms with E-state index in [2.05, 4.69) is 16.0 Å². The molecule has 0 amide bonds. The minimum Gasteiger partial charge on any atom is -0.496 e. The van der Waals surface area contributed by atoms with Crippen LogP contribution in [0.3, 0.4) is 0 Å². The molecule has 0 aliphatic rings. The average molecular weight is 244 g/mol. The molecule has 0 saturated carbocycles. The van der Waals surface area contributed by atoms with Gasteiger partial charge in [-0.15, -0.1) is 0 Å². The highest BCUT2D eigenvalue weighted by Crippen LogP contribution is 2.23. The average Bonchev–Trinajstić information content (AvgIpc) is 2.27. The molecule has 0 aliphatic heterocycles. The molecular formula is C9H14ClN5O. The lowest BCUT2D eigenvalue weighted by molar-refractivity contribution is 0.410. The van der Waals surface area contributed by atoms with Crippen LogP contribution in [0.25, 0.3) is 0 Å². The molecule has 6 nitrogen and oxygen atoms in total. The zero-order valence-corrected chi connectivity index (χ0v) is 9.58. The van der Waals surface area contributed by atoms with E-state index in [1.807, 2.05) is 0 Å². The van der Waals surface area contributed by atoms with Crippen molar-refractivity contribution in [3.8, 4) is 5.75 Å². The number of methoxy groups -OCH3 is 1. The molecule has 0 radical (unpaired) electrons. The fraction of sp³-hybridized carbons (Fsp3) is 0.222. The second-order valence-electron chi connectivity index (χ2n) is 2.93. The number of nitrogens with two attached hydrogens (primary N) is 2. The first-order valence-corrected chi connectivity index (χ1v) is 4.89. The van der Waals surface area contributed by atoms with Crippen molar-refractivity contribution in [2.45, 2.75) is 6.54 Å². The number of rotatable bonds is 4. The number of aliphatic imine (C=N–C) groups is 1. The van der Waals surface area contributed by atoms with E-state index in [9.17, 15) is 0 Å². The summed E-state index contributed by atoms with van der Waals surface area (Å²) in [6.07, 6.45) is 0. The van der Waals surface area contributed by atoms with Crippen LogP contribution < -0.4 is 27.3 Å². The smallest absolute Gasteiger partial charge is 0.204 e. The van der Waals surface area contributed by atoms with Gasteiger partial charge in [-0.3, -0.25) is 11.3 Å². The van der Waals surface area contributed by atoms with E-state index in [0.717, 1.165) is 5.56 Å². The third-order valence-electron chi connectivity index (χ3n) is 1.86. The van der Waals surface area contributed by atoms with Gasteiger partial charge in [0.15, 0.2) is 0 Å². The Labute approximate surface area is 98.6 Å². The van der Waals surface area contributed by atoms with Crippen LogP contribution in [0.4, 0.5) is 0 Å². The van der Waals surface area contributed by atoms with Gasteiger partial charge in [-0.2, -0.15) is 5.53 Å². The van der Waals surface area contributed by atoms with E-state index >= 15 is 0 Å². The van der Waals surface area contributed by atoms with E-state index in [1.54, 1.807) is 25.3 Å².